The molecular weight excluding hydrogens is 250 g/mol. The zero-order valence-corrected chi connectivity index (χ0v) is 11.9. The summed E-state index contributed by atoms with van der Waals surface area (Å²) in [5, 5.41) is 7.36. The van der Waals surface area contributed by atoms with Crippen molar-refractivity contribution in [3.63, 3.8) is 0 Å². The van der Waals surface area contributed by atoms with E-state index in [1.165, 1.54) is 5.56 Å². The highest BCUT2D eigenvalue weighted by molar-refractivity contribution is 5.95. The summed E-state index contributed by atoms with van der Waals surface area (Å²) in [5.74, 6) is -0.0286. The first-order chi connectivity index (χ1) is 9.62. The Bertz CT molecular complexity index is 626. The van der Waals surface area contributed by atoms with Crippen LogP contribution in [-0.2, 0) is 12.6 Å². The lowest BCUT2D eigenvalue weighted by Crippen LogP contribution is -2.50. The van der Waals surface area contributed by atoms with Gasteiger partial charge in [-0.05, 0) is 31.7 Å². The molecule has 104 valence electrons. The van der Waals surface area contributed by atoms with Crippen LogP contribution in [0.5, 0.6) is 0 Å². The van der Waals surface area contributed by atoms with Crippen molar-refractivity contribution < 1.29 is 4.79 Å². The number of benzene rings is 1. The Morgan fingerprint density at radius 1 is 1.30 bits per heavy atom. The lowest BCUT2D eigenvalue weighted by atomic mass is 9.71. The van der Waals surface area contributed by atoms with Crippen molar-refractivity contribution >= 4 is 5.91 Å². The van der Waals surface area contributed by atoms with E-state index in [1.54, 1.807) is 10.9 Å². The molecule has 1 fully saturated rings. The number of carbonyl (C=O) groups is 1. The molecule has 0 unspecified atom stereocenters. The van der Waals surface area contributed by atoms with Crippen LogP contribution in [0.25, 0.3) is 0 Å². The molecule has 0 aliphatic heterocycles. The molecule has 3 rings (SSSR count). The van der Waals surface area contributed by atoms with Gasteiger partial charge in [-0.25, -0.2) is 0 Å². The SMILES string of the molecule is Cc1c(C(=O)NC2(c3ccccc3)CCC2)cnn1C. The molecule has 1 aliphatic carbocycles. The second-order valence-corrected chi connectivity index (χ2v) is 5.52. The van der Waals surface area contributed by atoms with Crippen LogP contribution in [0.4, 0.5) is 0 Å². The number of hydrogen-bond acceptors (Lipinski definition) is 2. The molecule has 4 heteroatoms. The Kier molecular flexibility index (Phi) is 3.08. The van der Waals surface area contributed by atoms with Crippen LogP contribution >= 0.6 is 0 Å². The van der Waals surface area contributed by atoms with E-state index in [1.807, 2.05) is 32.2 Å². The normalized spacial score (nSPS) is 16.5. The number of rotatable bonds is 3. The Hall–Kier alpha value is -2.10. The monoisotopic (exact) mass is 269 g/mol. The average Bonchev–Trinajstić information content (AvgIpc) is 2.75. The molecule has 0 atom stereocenters. The second-order valence-electron chi connectivity index (χ2n) is 5.52. The molecule has 0 radical (unpaired) electrons. The van der Waals surface area contributed by atoms with Gasteiger partial charge >= 0.3 is 0 Å². The van der Waals surface area contributed by atoms with Gasteiger partial charge in [-0.3, -0.25) is 9.48 Å². The fourth-order valence-corrected chi connectivity index (χ4v) is 2.78. The summed E-state index contributed by atoms with van der Waals surface area (Å²) in [6.45, 7) is 1.91. The number of carbonyl (C=O) groups excluding carboxylic acids is 1. The second kappa shape index (κ2) is 4.78. The molecule has 20 heavy (non-hydrogen) atoms. The highest BCUT2D eigenvalue weighted by Crippen LogP contribution is 2.41. The van der Waals surface area contributed by atoms with Crippen LogP contribution < -0.4 is 5.32 Å². The zero-order chi connectivity index (χ0) is 14.2. The topological polar surface area (TPSA) is 46.9 Å². The van der Waals surface area contributed by atoms with Crippen molar-refractivity contribution in [2.24, 2.45) is 7.05 Å². The summed E-state index contributed by atoms with van der Waals surface area (Å²) in [4.78, 5) is 12.5. The Morgan fingerprint density at radius 2 is 2.00 bits per heavy atom. The Labute approximate surface area is 118 Å². The van der Waals surface area contributed by atoms with E-state index in [-0.39, 0.29) is 11.4 Å². The first kappa shape index (κ1) is 12.9. The first-order valence-corrected chi connectivity index (χ1v) is 6.99. The molecule has 1 N–H and O–H groups in total. The van der Waals surface area contributed by atoms with Gasteiger partial charge in [0.2, 0.25) is 0 Å². The summed E-state index contributed by atoms with van der Waals surface area (Å²) in [6, 6.07) is 10.2. The highest BCUT2D eigenvalue weighted by Gasteiger charge is 2.40. The number of nitrogens with zero attached hydrogens (tertiary/aromatic N) is 2. The standard InChI is InChI=1S/C16H19N3O/c1-12-14(11-17-19(12)2)15(20)18-16(9-6-10-16)13-7-4-3-5-8-13/h3-5,7-8,11H,6,9-10H2,1-2H3,(H,18,20). The molecule has 4 nitrogen and oxygen atoms in total. The maximum absolute atomic E-state index is 12.5. The fourth-order valence-electron chi connectivity index (χ4n) is 2.78. The molecule has 1 aromatic carbocycles. The first-order valence-electron chi connectivity index (χ1n) is 6.99. The van der Waals surface area contributed by atoms with Gasteiger partial charge in [0.1, 0.15) is 0 Å². The number of amides is 1. The van der Waals surface area contributed by atoms with Gasteiger partial charge in [0.05, 0.1) is 17.3 Å². The summed E-state index contributed by atoms with van der Waals surface area (Å²) >= 11 is 0. The van der Waals surface area contributed by atoms with Gasteiger partial charge < -0.3 is 5.32 Å². The molecule has 1 aromatic heterocycles. The third-order valence-electron chi connectivity index (χ3n) is 4.37. The van der Waals surface area contributed by atoms with E-state index in [0.29, 0.717) is 5.56 Å². The van der Waals surface area contributed by atoms with Crippen molar-refractivity contribution in [3.05, 3.63) is 53.3 Å². The highest BCUT2D eigenvalue weighted by atomic mass is 16.1. The quantitative estimate of drug-likeness (QED) is 0.930. The van der Waals surface area contributed by atoms with E-state index in [9.17, 15) is 4.79 Å². The van der Waals surface area contributed by atoms with E-state index in [4.69, 9.17) is 0 Å². The smallest absolute Gasteiger partial charge is 0.255 e. The summed E-state index contributed by atoms with van der Waals surface area (Å²) < 4.78 is 1.73. The largest absolute Gasteiger partial charge is 0.342 e. The number of nitrogens with one attached hydrogen (secondary N) is 1. The third kappa shape index (κ3) is 2.01. The maximum Gasteiger partial charge on any atom is 0.255 e. The summed E-state index contributed by atoms with van der Waals surface area (Å²) in [6.07, 6.45) is 4.80. The lowest BCUT2D eigenvalue weighted by Gasteiger charge is -2.43. The van der Waals surface area contributed by atoms with Crippen LogP contribution in [0.15, 0.2) is 36.5 Å². The Morgan fingerprint density at radius 3 is 2.50 bits per heavy atom. The Balaban J connectivity index is 1.86. The van der Waals surface area contributed by atoms with Crippen molar-refractivity contribution in [2.75, 3.05) is 0 Å². The number of aryl methyl sites for hydroxylation is 1. The molecule has 0 spiro atoms. The number of hydrogen-bond donors (Lipinski definition) is 1. The maximum atomic E-state index is 12.5. The average molecular weight is 269 g/mol. The van der Waals surface area contributed by atoms with Crippen LogP contribution in [0, 0.1) is 6.92 Å². The molecule has 2 aromatic rings. The zero-order valence-electron chi connectivity index (χ0n) is 11.9. The predicted molar refractivity (Wildman–Crippen MR) is 77.4 cm³/mol. The van der Waals surface area contributed by atoms with Crippen molar-refractivity contribution in [1.29, 1.82) is 0 Å². The molecule has 1 heterocycles. The van der Waals surface area contributed by atoms with Gasteiger partial charge in [0.15, 0.2) is 0 Å². The van der Waals surface area contributed by atoms with E-state index in [0.717, 1.165) is 25.0 Å². The minimum Gasteiger partial charge on any atom is -0.342 e. The van der Waals surface area contributed by atoms with Gasteiger partial charge in [-0.2, -0.15) is 5.10 Å². The van der Waals surface area contributed by atoms with Gasteiger partial charge in [-0.1, -0.05) is 30.3 Å². The lowest BCUT2D eigenvalue weighted by molar-refractivity contribution is 0.0822. The summed E-state index contributed by atoms with van der Waals surface area (Å²) in [5.41, 5.74) is 2.56. The predicted octanol–water partition coefficient (Wildman–Crippen LogP) is 2.54. The van der Waals surface area contributed by atoms with Crippen LogP contribution in [-0.4, -0.2) is 15.7 Å². The van der Waals surface area contributed by atoms with E-state index < -0.39 is 0 Å². The molecule has 1 saturated carbocycles. The van der Waals surface area contributed by atoms with Crippen LogP contribution in [0.1, 0.15) is 40.9 Å². The summed E-state index contributed by atoms with van der Waals surface area (Å²) in [7, 11) is 1.85. The molecule has 0 bridgehead atoms. The van der Waals surface area contributed by atoms with Crippen molar-refractivity contribution in [1.82, 2.24) is 15.1 Å². The number of aromatic nitrogens is 2. The molecular formula is C16H19N3O. The molecule has 0 saturated heterocycles. The third-order valence-corrected chi connectivity index (χ3v) is 4.37. The minimum atomic E-state index is -0.194. The van der Waals surface area contributed by atoms with Crippen LogP contribution in [0.3, 0.4) is 0 Å². The van der Waals surface area contributed by atoms with Gasteiger partial charge in [0.25, 0.3) is 5.91 Å². The molecule has 1 amide bonds. The fraction of sp³-hybridized carbons (Fsp3) is 0.375. The van der Waals surface area contributed by atoms with Crippen LogP contribution in [0.2, 0.25) is 0 Å². The van der Waals surface area contributed by atoms with E-state index >= 15 is 0 Å². The van der Waals surface area contributed by atoms with Crippen molar-refractivity contribution in [3.8, 4) is 0 Å². The van der Waals surface area contributed by atoms with E-state index in [2.05, 4.69) is 22.5 Å². The minimum absolute atomic E-state index is 0.0286. The van der Waals surface area contributed by atoms with Crippen molar-refractivity contribution in [2.45, 2.75) is 31.7 Å². The van der Waals surface area contributed by atoms with Gasteiger partial charge in [-0.15, -0.1) is 0 Å². The van der Waals surface area contributed by atoms with Gasteiger partial charge in [0, 0.05) is 12.7 Å². The molecule has 1 aliphatic rings.